The maximum atomic E-state index is 11.7. The first kappa shape index (κ1) is 17.4. The fraction of sp³-hybridized carbons (Fsp3) is 0.150. The van der Waals surface area contributed by atoms with Crippen molar-refractivity contribution in [3.8, 4) is 11.1 Å². The third-order valence-electron chi connectivity index (χ3n) is 4.45. The van der Waals surface area contributed by atoms with Gasteiger partial charge in [0.2, 0.25) is 6.41 Å². The number of hydrogen-bond acceptors (Lipinski definition) is 3. The fourth-order valence-corrected chi connectivity index (χ4v) is 3.02. The Hall–Kier alpha value is -3.41. The van der Waals surface area contributed by atoms with Gasteiger partial charge in [-0.15, -0.1) is 0 Å². The number of carbonyl (C=O) groups is 2. The monoisotopic (exact) mass is 349 g/mol. The number of aromatic amines is 1. The maximum Gasteiger partial charge on any atom is 0.336 e. The summed E-state index contributed by atoms with van der Waals surface area (Å²) in [7, 11) is 0. The summed E-state index contributed by atoms with van der Waals surface area (Å²) in [5.74, 6) is -0.999. The second-order valence-corrected chi connectivity index (χ2v) is 6.13. The van der Waals surface area contributed by atoms with Gasteiger partial charge in [0, 0.05) is 17.4 Å². The van der Waals surface area contributed by atoms with Crippen molar-refractivity contribution in [2.75, 3.05) is 4.90 Å². The highest BCUT2D eigenvalue weighted by atomic mass is 16.4. The van der Waals surface area contributed by atoms with Gasteiger partial charge >= 0.3 is 5.97 Å². The number of carboxylic acids is 1. The van der Waals surface area contributed by atoms with Crippen molar-refractivity contribution in [2.45, 2.75) is 20.4 Å². The topological polar surface area (TPSA) is 86.3 Å². The lowest BCUT2D eigenvalue weighted by Crippen LogP contribution is -2.22. The molecule has 0 aliphatic heterocycles. The molecule has 3 rings (SSSR count). The lowest BCUT2D eigenvalue weighted by Gasteiger charge is -2.21. The van der Waals surface area contributed by atoms with Gasteiger partial charge in [0.1, 0.15) is 0 Å². The molecule has 3 aromatic rings. The zero-order valence-corrected chi connectivity index (χ0v) is 14.6. The Morgan fingerprint density at radius 2 is 2.04 bits per heavy atom. The SMILES string of the molecule is Cc1cc(N(C=O)Cc2c(C)cccc2C(=O)O)ccc1-c1cn[nH]c1. The molecular formula is C20H19N3O3. The average Bonchev–Trinajstić information content (AvgIpc) is 3.14. The van der Waals surface area contributed by atoms with E-state index in [9.17, 15) is 14.7 Å². The molecule has 132 valence electrons. The normalized spacial score (nSPS) is 10.5. The molecule has 6 nitrogen and oxygen atoms in total. The molecule has 1 heterocycles. The number of aryl methyl sites for hydroxylation is 2. The number of benzene rings is 2. The van der Waals surface area contributed by atoms with Gasteiger partial charge in [0.15, 0.2) is 0 Å². The third kappa shape index (κ3) is 3.35. The number of H-pyrrole nitrogens is 1. The highest BCUT2D eigenvalue weighted by molar-refractivity contribution is 5.90. The molecule has 6 heteroatoms. The van der Waals surface area contributed by atoms with Crippen molar-refractivity contribution in [2.24, 2.45) is 0 Å². The average molecular weight is 349 g/mol. The summed E-state index contributed by atoms with van der Waals surface area (Å²) in [5, 5.41) is 16.2. The van der Waals surface area contributed by atoms with E-state index in [0.717, 1.165) is 28.7 Å². The summed E-state index contributed by atoms with van der Waals surface area (Å²) in [6.07, 6.45) is 4.28. The van der Waals surface area contributed by atoms with E-state index in [4.69, 9.17) is 0 Å². The number of nitrogens with zero attached hydrogens (tertiary/aromatic N) is 2. The van der Waals surface area contributed by atoms with Crippen LogP contribution in [0.5, 0.6) is 0 Å². The van der Waals surface area contributed by atoms with E-state index in [2.05, 4.69) is 10.2 Å². The van der Waals surface area contributed by atoms with E-state index in [1.165, 1.54) is 4.90 Å². The van der Waals surface area contributed by atoms with E-state index in [0.29, 0.717) is 11.3 Å². The van der Waals surface area contributed by atoms with Crippen LogP contribution in [0.15, 0.2) is 48.8 Å². The Labute approximate surface area is 151 Å². The van der Waals surface area contributed by atoms with Gasteiger partial charge in [0.05, 0.1) is 18.3 Å². The van der Waals surface area contributed by atoms with Crippen LogP contribution in [0.1, 0.15) is 27.0 Å². The van der Waals surface area contributed by atoms with Crippen LogP contribution in [-0.2, 0) is 11.3 Å². The first-order valence-electron chi connectivity index (χ1n) is 8.14. The summed E-state index contributed by atoms with van der Waals surface area (Å²) in [6, 6.07) is 10.8. The first-order valence-corrected chi connectivity index (χ1v) is 8.14. The van der Waals surface area contributed by atoms with Crippen LogP contribution in [0, 0.1) is 13.8 Å². The lowest BCUT2D eigenvalue weighted by atomic mass is 10.00. The van der Waals surface area contributed by atoms with Gasteiger partial charge in [0.25, 0.3) is 0 Å². The molecule has 0 aliphatic carbocycles. The second kappa shape index (κ2) is 7.23. The van der Waals surface area contributed by atoms with Gasteiger partial charge in [-0.2, -0.15) is 5.10 Å². The number of amides is 1. The number of nitrogens with one attached hydrogen (secondary N) is 1. The van der Waals surface area contributed by atoms with Gasteiger partial charge in [-0.05, 0) is 54.3 Å². The van der Waals surface area contributed by atoms with Crippen LogP contribution in [0.25, 0.3) is 11.1 Å². The summed E-state index contributed by atoms with van der Waals surface area (Å²) in [5.41, 5.74) is 5.38. The van der Waals surface area contributed by atoms with Crippen LogP contribution < -0.4 is 4.90 Å². The lowest BCUT2D eigenvalue weighted by molar-refractivity contribution is -0.107. The van der Waals surface area contributed by atoms with E-state index >= 15 is 0 Å². The van der Waals surface area contributed by atoms with Crippen LogP contribution in [0.4, 0.5) is 5.69 Å². The van der Waals surface area contributed by atoms with Crippen molar-refractivity contribution >= 4 is 18.1 Å². The minimum atomic E-state index is -0.999. The van der Waals surface area contributed by atoms with E-state index in [-0.39, 0.29) is 12.1 Å². The number of aromatic nitrogens is 2. The van der Waals surface area contributed by atoms with Crippen LogP contribution >= 0.6 is 0 Å². The number of carbonyl (C=O) groups excluding carboxylic acids is 1. The molecular weight excluding hydrogens is 330 g/mol. The predicted octanol–water partition coefficient (Wildman–Crippen LogP) is 3.55. The first-order chi connectivity index (χ1) is 12.5. The zero-order valence-electron chi connectivity index (χ0n) is 14.6. The Morgan fingerprint density at radius 3 is 2.65 bits per heavy atom. The predicted molar refractivity (Wildman–Crippen MR) is 99.1 cm³/mol. The standard InChI is InChI=1S/C20H19N3O3/c1-13-4-3-5-18(20(25)26)19(13)11-23(12-24)16-6-7-17(14(2)8-16)15-9-21-22-10-15/h3-10,12H,11H2,1-2H3,(H,21,22)(H,25,26). The number of rotatable bonds is 6. The number of anilines is 1. The molecule has 0 saturated heterocycles. The Balaban J connectivity index is 1.95. The molecule has 1 amide bonds. The number of aromatic carboxylic acids is 1. The fourth-order valence-electron chi connectivity index (χ4n) is 3.02. The minimum absolute atomic E-state index is 0.197. The summed E-state index contributed by atoms with van der Waals surface area (Å²) >= 11 is 0. The van der Waals surface area contributed by atoms with E-state index < -0.39 is 5.97 Å². The number of hydrogen-bond donors (Lipinski definition) is 2. The Kier molecular flexibility index (Phi) is 4.84. The number of carboxylic acid groups (broad SMARTS) is 1. The Morgan fingerprint density at radius 1 is 1.23 bits per heavy atom. The van der Waals surface area contributed by atoms with Crippen molar-refractivity contribution in [3.63, 3.8) is 0 Å². The minimum Gasteiger partial charge on any atom is -0.478 e. The van der Waals surface area contributed by atoms with Gasteiger partial charge < -0.3 is 10.0 Å². The van der Waals surface area contributed by atoms with E-state index in [1.807, 2.05) is 44.3 Å². The van der Waals surface area contributed by atoms with Crippen LogP contribution in [0.2, 0.25) is 0 Å². The molecule has 1 aromatic heterocycles. The van der Waals surface area contributed by atoms with Gasteiger partial charge in [-0.25, -0.2) is 4.79 Å². The maximum absolute atomic E-state index is 11.7. The highest BCUT2D eigenvalue weighted by Crippen LogP contribution is 2.28. The molecule has 0 unspecified atom stereocenters. The second-order valence-electron chi connectivity index (χ2n) is 6.13. The summed E-state index contributed by atoms with van der Waals surface area (Å²) in [4.78, 5) is 24.7. The third-order valence-corrected chi connectivity index (χ3v) is 4.45. The van der Waals surface area contributed by atoms with Crippen LogP contribution in [0.3, 0.4) is 0 Å². The molecule has 0 radical (unpaired) electrons. The van der Waals surface area contributed by atoms with Crippen molar-refractivity contribution < 1.29 is 14.7 Å². The molecule has 0 atom stereocenters. The molecule has 2 N–H and O–H groups in total. The highest BCUT2D eigenvalue weighted by Gasteiger charge is 2.16. The Bertz CT molecular complexity index is 949. The molecule has 0 bridgehead atoms. The molecule has 0 aliphatic rings. The zero-order chi connectivity index (χ0) is 18.7. The largest absolute Gasteiger partial charge is 0.478 e. The van der Waals surface area contributed by atoms with Crippen LogP contribution in [-0.4, -0.2) is 27.7 Å². The van der Waals surface area contributed by atoms with E-state index in [1.54, 1.807) is 18.3 Å². The smallest absolute Gasteiger partial charge is 0.336 e. The van der Waals surface area contributed by atoms with Crippen molar-refractivity contribution in [3.05, 3.63) is 71.0 Å². The molecule has 26 heavy (non-hydrogen) atoms. The quantitative estimate of drug-likeness (QED) is 0.666. The molecule has 0 fully saturated rings. The molecule has 2 aromatic carbocycles. The van der Waals surface area contributed by atoms with Gasteiger partial charge in [-0.1, -0.05) is 18.2 Å². The summed E-state index contributed by atoms with van der Waals surface area (Å²) in [6.45, 7) is 4.01. The van der Waals surface area contributed by atoms with Gasteiger partial charge in [-0.3, -0.25) is 9.89 Å². The molecule has 0 saturated carbocycles. The molecule has 0 spiro atoms. The van der Waals surface area contributed by atoms with Crippen molar-refractivity contribution in [1.29, 1.82) is 0 Å². The summed E-state index contributed by atoms with van der Waals surface area (Å²) < 4.78 is 0. The van der Waals surface area contributed by atoms with Crippen molar-refractivity contribution in [1.82, 2.24) is 10.2 Å².